The van der Waals surface area contributed by atoms with Gasteiger partial charge in [-0.1, -0.05) is 91.1 Å². The van der Waals surface area contributed by atoms with Crippen molar-refractivity contribution in [2.24, 2.45) is 0 Å². The fraction of sp³-hybridized carbons (Fsp3) is 0.257. The number of sulfonamides is 1. The lowest BCUT2D eigenvalue weighted by Crippen LogP contribution is -2.53. The van der Waals surface area contributed by atoms with E-state index in [0.29, 0.717) is 33.6 Å². The van der Waals surface area contributed by atoms with Crippen LogP contribution in [-0.4, -0.2) is 51.4 Å². The van der Waals surface area contributed by atoms with Crippen molar-refractivity contribution in [3.8, 4) is 5.75 Å². The van der Waals surface area contributed by atoms with Crippen LogP contribution >= 0.6 is 23.2 Å². The van der Waals surface area contributed by atoms with E-state index in [1.54, 1.807) is 60.7 Å². The number of hydrogen-bond acceptors (Lipinski definition) is 5. The van der Waals surface area contributed by atoms with Gasteiger partial charge in [-0.2, -0.15) is 0 Å². The Labute approximate surface area is 280 Å². The highest BCUT2D eigenvalue weighted by Gasteiger charge is 2.34. The normalized spacial score (nSPS) is 11.8. The SMILES string of the molecule is CCCCNC(=O)[C@H](Cc1ccccc1)N(Cc1ccc(Cl)c(Cl)c1)C(=O)CN(c1ccccc1)S(=O)(=O)c1ccc(OC)cc1. The Morgan fingerprint density at radius 2 is 1.50 bits per heavy atom. The number of benzene rings is 4. The van der Waals surface area contributed by atoms with Crippen LogP contribution in [-0.2, 0) is 32.6 Å². The van der Waals surface area contributed by atoms with E-state index in [4.69, 9.17) is 27.9 Å². The van der Waals surface area contributed by atoms with Crippen LogP contribution < -0.4 is 14.4 Å². The van der Waals surface area contributed by atoms with Crippen LogP contribution in [0.5, 0.6) is 5.75 Å². The first kappa shape index (κ1) is 34.8. The average Bonchev–Trinajstić information content (AvgIpc) is 3.07. The Kier molecular flexibility index (Phi) is 12.5. The summed E-state index contributed by atoms with van der Waals surface area (Å²) in [5, 5.41) is 3.62. The lowest BCUT2D eigenvalue weighted by Gasteiger charge is -2.34. The highest BCUT2D eigenvalue weighted by Crippen LogP contribution is 2.27. The number of nitrogens with zero attached hydrogens (tertiary/aromatic N) is 2. The lowest BCUT2D eigenvalue weighted by molar-refractivity contribution is -0.140. The zero-order valence-corrected chi connectivity index (χ0v) is 28.1. The molecule has 46 heavy (non-hydrogen) atoms. The van der Waals surface area contributed by atoms with E-state index in [2.05, 4.69) is 5.32 Å². The van der Waals surface area contributed by atoms with Gasteiger partial charge in [-0.3, -0.25) is 13.9 Å². The van der Waals surface area contributed by atoms with Gasteiger partial charge < -0.3 is 15.0 Å². The standard InChI is InChI=1S/C35H37Cl2N3O5S/c1-3-4-21-38-35(42)33(23-26-11-7-5-8-12-26)39(24-27-15-20-31(36)32(37)22-27)34(41)25-40(28-13-9-6-10-14-28)46(43,44)30-18-16-29(45-2)17-19-30/h5-20,22,33H,3-4,21,23-25H2,1-2H3,(H,38,42)/t33-/m0/s1. The minimum Gasteiger partial charge on any atom is -0.497 e. The molecular weight excluding hydrogens is 645 g/mol. The topological polar surface area (TPSA) is 96.0 Å². The number of methoxy groups -OCH3 is 1. The van der Waals surface area contributed by atoms with Crippen LogP contribution in [0, 0.1) is 0 Å². The molecule has 0 unspecified atom stereocenters. The molecule has 8 nitrogen and oxygen atoms in total. The number of anilines is 1. The molecule has 0 heterocycles. The van der Waals surface area contributed by atoms with Gasteiger partial charge in [-0.15, -0.1) is 0 Å². The predicted molar refractivity (Wildman–Crippen MR) is 183 cm³/mol. The Bertz CT molecular complexity index is 1710. The third kappa shape index (κ3) is 9.02. The van der Waals surface area contributed by atoms with Crippen LogP contribution in [0.4, 0.5) is 5.69 Å². The lowest BCUT2D eigenvalue weighted by atomic mass is 10.0. The van der Waals surface area contributed by atoms with Crippen LogP contribution in [0.3, 0.4) is 0 Å². The Morgan fingerprint density at radius 3 is 2.11 bits per heavy atom. The van der Waals surface area contributed by atoms with Crippen molar-refractivity contribution in [3.63, 3.8) is 0 Å². The summed E-state index contributed by atoms with van der Waals surface area (Å²) < 4.78 is 34.5. The molecule has 0 fully saturated rings. The summed E-state index contributed by atoms with van der Waals surface area (Å²) in [7, 11) is -2.73. The number of carbonyl (C=O) groups is 2. The van der Waals surface area contributed by atoms with Crippen LogP contribution in [0.1, 0.15) is 30.9 Å². The molecule has 11 heteroatoms. The highest BCUT2D eigenvalue weighted by atomic mass is 35.5. The summed E-state index contributed by atoms with van der Waals surface area (Å²) in [6.07, 6.45) is 1.86. The molecule has 0 aromatic heterocycles. The van der Waals surface area contributed by atoms with Crippen molar-refractivity contribution in [2.45, 2.75) is 43.7 Å². The molecule has 1 N–H and O–H groups in total. The van der Waals surface area contributed by atoms with E-state index in [1.807, 2.05) is 37.3 Å². The number of hydrogen-bond donors (Lipinski definition) is 1. The maximum absolute atomic E-state index is 14.5. The van der Waals surface area contributed by atoms with E-state index in [9.17, 15) is 18.0 Å². The van der Waals surface area contributed by atoms with Gasteiger partial charge in [0.25, 0.3) is 10.0 Å². The Morgan fingerprint density at radius 1 is 0.848 bits per heavy atom. The molecule has 0 bridgehead atoms. The molecule has 242 valence electrons. The van der Waals surface area contributed by atoms with E-state index < -0.39 is 28.5 Å². The van der Waals surface area contributed by atoms with Crippen molar-refractivity contribution >= 4 is 50.7 Å². The number of para-hydroxylation sites is 1. The number of carbonyl (C=O) groups excluding carboxylic acids is 2. The second-order valence-corrected chi connectivity index (χ2v) is 13.3. The van der Waals surface area contributed by atoms with Gasteiger partial charge in [-0.25, -0.2) is 8.42 Å². The number of rotatable bonds is 15. The first-order chi connectivity index (χ1) is 22.1. The van der Waals surface area contributed by atoms with Crippen LogP contribution in [0.25, 0.3) is 0 Å². The summed E-state index contributed by atoms with van der Waals surface area (Å²) in [4.78, 5) is 29.7. The summed E-state index contributed by atoms with van der Waals surface area (Å²) in [5.41, 5.74) is 1.77. The minimum absolute atomic E-state index is 0.0143. The third-order valence-electron chi connectivity index (χ3n) is 7.41. The van der Waals surface area contributed by atoms with Gasteiger partial charge in [0, 0.05) is 19.5 Å². The summed E-state index contributed by atoms with van der Waals surface area (Å²) in [6, 6.07) is 27.8. The van der Waals surface area contributed by atoms with Gasteiger partial charge in [0.2, 0.25) is 11.8 Å². The second-order valence-electron chi connectivity index (χ2n) is 10.6. The van der Waals surface area contributed by atoms with Crippen molar-refractivity contribution in [2.75, 3.05) is 24.5 Å². The number of halogens is 2. The Hall–Kier alpha value is -4.05. The van der Waals surface area contributed by atoms with Crippen molar-refractivity contribution in [1.82, 2.24) is 10.2 Å². The molecule has 2 amide bonds. The number of nitrogens with one attached hydrogen (secondary N) is 1. The van der Waals surface area contributed by atoms with Crippen LogP contribution in [0.15, 0.2) is 108 Å². The monoisotopic (exact) mass is 681 g/mol. The van der Waals surface area contributed by atoms with Gasteiger partial charge in [-0.05, 0) is 66.1 Å². The molecule has 0 aliphatic heterocycles. The molecule has 0 saturated heterocycles. The van der Waals surface area contributed by atoms with Gasteiger partial charge in [0.05, 0.1) is 27.7 Å². The molecule has 0 radical (unpaired) electrons. The molecular formula is C35H37Cl2N3O5S. The van der Waals surface area contributed by atoms with E-state index in [-0.39, 0.29) is 23.8 Å². The summed E-state index contributed by atoms with van der Waals surface area (Å²) in [6.45, 7) is 1.89. The molecule has 0 aliphatic rings. The maximum Gasteiger partial charge on any atom is 0.264 e. The van der Waals surface area contributed by atoms with E-state index in [1.165, 1.54) is 24.1 Å². The molecule has 1 atom stereocenters. The van der Waals surface area contributed by atoms with Crippen molar-refractivity contribution in [1.29, 1.82) is 0 Å². The predicted octanol–water partition coefficient (Wildman–Crippen LogP) is 6.75. The van der Waals surface area contributed by atoms with Crippen molar-refractivity contribution < 1.29 is 22.7 Å². The summed E-state index contributed by atoms with van der Waals surface area (Å²) in [5.74, 6) is -0.416. The molecule has 0 spiro atoms. The third-order valence-corrected chi connectivity index (χ3v) is 9.94. The summed E-state index contributed by atoms with van der Waals surface area (Å²) >= 11 is 12.5. The maximum atomic E-state index is 14.5. The average molecular weight is 683 g/mol. The number of unbranched alkanes of at least 4 members (excludes halogenated alkanes) is 1. The first-order valence-electron chi connectivity index (χ1n) is 14.9. The molecule has 0 saturated carbocycles. The fourth-order valence-electron chi connectivity index (χ4n) is 4.89. The fourth-order valence-corrected chi connectivity index (χ4v) is 6.63. The number of ether oxygens (including phenoxy) is 1. The van der Waals surface area contributed by atoms with Gasteiger partial charge >= 0.3 is 0 Å². The van der Waals surface area contributed by atoms with Gasteiger partial charge in [0.1, 0.15) is 18.3 Å². The second kappa shape index (κ2) is 16.5. The quantitative estimate of drug-likeness (QED) is 0.140. The molecule has 0 aliphatic carbocycles. The zero-order valence-electron chi connectivity index (χ0n) is 25.7. The largest absolute Gasteiger partial charge is 0.497 e. The van der Waals surface area contributed by atoms with E-state index >= 15 is 0 Å². The van der Waals surface area contributed by atoms with Crippen molar-refractivity contribution in [3.05, 3.63) is 124 Å². The smallest absolute Gasteiger partial charge is 0.264 e. The zero-order chi connectivity index (χ0) is 33.1. The Balaban J connectivity index is 1.78. The highest BCUT2D eigenvalue weighted by molar-refractivity contribution is 7.92. The van der Waals surface area contributed by atoms with E-state index in [0.717, 1.165) is 22.7 Å². The molecule has 4 aromatic rings. The molecule has 4 aromatic carbocycles. The number of amides is 2. The first-order valence-corrected chi connectivity index (χ1v) is 17.1. The minimum atomic E-state index is -4.22. The molecule has 4 rings (SSSR count). The van der Waals surface area contributed by atoms with Gasteiger partial charge in [0.15, 0.2) is 0 Å². The van der Waals surface area contributed by atoms with Crippen LogP contribution in [0.2, 0.25) is 10.0 Å².